The average molecular weight is 510 g/mol. The summed E-state index contributed by atoms with van der Waals surface area (Å²) in [7, 11) is 0. The Morgan fingerprint density at radius 2 is 1.81 bits per heavy atom. The molecule has 2 aromatic carbocycles. The summed E-state index contributed by atoms with van der Waals surface area (Å²) in [6.07, 6.45) is 1.75. The molecule has 2 atom stereocenters. The summed E-state index contributed by atoms with van der Waals surface area (Å²) in [6.45, 7) is 0.777. The number of thiophene rings is 1. The number of halogens is 1. The summed E-state index contributed by atoms with van der Waals surface area (Å²) in [5.41, 5.74) is 1.28. The van der Waals surface area contributed by atoms with Gasteiger partial charge in [0.15, 0.2) is 0 Å². The molecule has 0 radical (unpaired) electrons. The van der Waals surface area contributed by atoms with Gasteiger partial charge >= 0.3 is 0 Å². The number of rotatable bonds is 10. The second-order valence-electron chi connectivity index (χ2n) is 8.50. The molecule has 9 heteroatoms. The highest BCUT2D eigenvalue weighted by Crippen LogP contribution is 2.24. The number of carbonyl (C=O) groups excluding carboxylic acids is 3. The monoisotopic (exact) mass is 509 g/mol. The number of nitrogens with zero attached hydrogens (tertiary/aromatic N) is 1. The number of amides is 3. The van der Waals surface area contributed by atoms with Crippen LogP contribution in [0.4, 0.5) is 4.39 Å². The van der Waals surface area contributed by atoms with Gasteiger partial charge in [0.2, 0.25) is 11.8 Å². The van der Waals surface area contributed by atoms with Gasteiger partial charge in [-0.1, -0.05) is 48.5 Å². The van der Waals surface area contributed by atoms with Gasteiger partial charge in [0, 0.05) is 19.7 Å². The summed E-state index contributed by atoms with van der Waals surface area (Å²) in [6, 6.07) is 17.2. The lowest BCUT2D eigenvalue weighted by molar-refractivity contribution is -0.141. The first kappa shape index (κ1) is 25.5. The summed E-state index contributed by atoms with van der Waals surface area (Å²) in [4.78, 5) is 41.4. The molecule has 0 bridgehead atoms. The quantitative estimate of drug-likeness (QED) is 0.437. The zero-order valence-electron chi connectivity index (χ0n) is 19.7. The van der Waals surface area contributed by atoms with Gasteiger partial charge in [-0.05, 0) is 47.5 Å². The lowest BCUT2D eigenvalue weighted by atomic mass is 10.0. The van der Waals surface area contributed by atoms with Gasteiger partial charge in [-0.2, -0.15) is 0 Å². The molecule has 1 saturated heterocycles. The molecule has 2 heterocycles. The Balaban J connectivity index is 1.58. The van der Waals surface area contributed by atoms with Crippen LogP contribution in [0.5, 0.6) is 0 Å². The Labute approximate surface area is 213 Å². The van der Waals surface area contributed by atoms with Crippen LogP contribution in [0.25, 0.3) is 0 Å². The molecule has 0 spiro atoms. The lowest BCUT2D eigenvalue weighted by Crippen LogP contribution is -2.47. The third-order valence-corrected chi connectivity index (χ3v) is 6.80. The molecule has 0 unspecified atom stereocenters. The number of nitrogens with one attached hydrogen (secondary N) is 2. The van der Waals surface area contributed by atoms with Crippen LogP contribution in [0, 0.1) is 5.82 Å². The normalized spacial score (nSPS) is 15.8. The highest BCUT2D eigenvalue weighted by molar-refractivity contribution is 7.12. The van der Waals surface area contributed by atoms with Crippen LogP contribution in [0.15, 0.2) is 72.1 Å². The van der Waals surface area contributed by atoms with Crippen molar-refractivity contribution in [2.24, 2.45) is 0 Å². The van der Waals surface area contributed by atoms with Crippen molar-refractivity contribution in [2.75, 3.05) is 19.7 Å². The minimum Gasteiger partial charge on any atom is -0.376 e. The molecule has 4 rings (SSSR count). The topological polar surface area (TPSA) is 87.7 Å². The highest BCUT2D eigenvalue weighted by Gasteiger charge is 2.32. The van der Waals surface area contributed by atoms with Gasteiger partial charge in [0.25, 0.3) is 5.91 Å². The molecule has 7 nitrogen and oxygen atoms in total. The second kappa shape index (κ2) is 12.4. The van der Waals surface area contributed by atoms with Gasteiger partial charge in [-0.15, -0.1) is 11.3 Å². The second-order valence-corrected chi connectivity index (χ2v) is 9.45. The van der Waals surface area contributed by atoms with E-state index in [0.29, 0.717) is 29.2 Å². The van der Waals surface area contributed by atoms with E-state index >= 15 is 0 Å². The molecule has 1 aliphatic heterocycles. The van der Waals surface area contributed by atoms with Crippen LogP contribution in [0.1, 0.15) is 39.7 Å². The maximum absolute atomic E-state index is 13.5. The van der Waals surface area contributed by atoms with Crippen LogP contribution >= 0.6 is 11.3 Å². The van der Waals surface area contributed by atoms with Crippen LogP contribution in [-0.2, 0) is 20.9 Å². The van der Waals surface area contributed by atoms with Crippen molar-refractivity contribution < 1.29 is 23.5 Å². The standard InChI is InChI=1S/C27H28FN3O4S/c28-21-12-10-19(11-13-21)18-31(24(32)17-30-26(33)23-9-5-15-36-23)25(20-6-2-1-3-7-20)27(34)29-16-22-8-4-14-35-22/h1-3,5-7,9-13,15,22,25H,4,8,14,16-18H2,(H,29,34)(H,30,33)/t22-,25-/m1/s1. The third-order valence-electron chi connectivity index (χ3n) is 5.93. The molecule has 1 aliphatic rings. The predicted molar refractivity (Wildman–Crippen MR) is 135 cm³/mol. The van der Waals surface area contributed by atoms with Crippen LogP contribution in [0.2, 0.25) is 0 Å². The van der Waals surface area contributed by atoms with E-state index in [0.717, 1.165) is 12.8 Å². The van der Waals surface area contributed by atoms with Crippen molar-refractivity contribution in [1.82, 2.24) is 15.5 Å². The van der Waals surface area contributed by atoms with E-state index in [1.54, 1.807) is 53.9 Å². The Morgan fingerprint density at radius 1 is 1.03 bits per heavy atom. The maximum Gasteiger partial charge on any atom is 0.261 e. The van der Waals surface area contributed by atoms with Crippen molar-refractivity contribution in [3.63, 3.8) is 0 Å². The van der Waals surface area contributed by atoms with E-state index in [1.165, 1.54) is 28.4 Å². The van der Waals surface area contributed by atoms with Crippen molar-refractivity contribution in [1.29, 1.82) is 0 Å². The van der Waals surface area contributed by atoms with Crippen molar-refractivity contribution in [3.8, 4) is 0 Å². The molecule has 0 saturated carbocycles. The first-order valence-electron chi connectivity index (χ1n) is 11.8. The average Bonchev–Trinajstić information content (AvgIpc) is 3.62. The molecular formula is C27H28FN3O4S. The summed E-state index contributed by atoms with van der Waals surface area (Å²) >= 11 is 1.27. The smallest absolute Gasteiger partial charge is 0.261 e. The van der Waals surface area contributed by atoms with Gasteiger partial charge in [0.1, 0.15) is 11.9 Å². The molecular weight excluding hydrogens is 481 g/mol. The van der Waals surface area contributed by atoms with Gasteiger partial charge < -0.3 is 20.3 Å². The Bertz CT molecular complexity index is 1150. The zero-order valence-corrected chi connectivity index (χ0v) is 20.5. The van der Waals surface area contributed by atoms with Gasteiger partial charge in [-0.25, -0.2) is 4.39 Å². The molecule has 36 heavy (non-hydrogen) atoms. The molecule has 2 N–H and O–H groups in total. The third kappa shape index (κ3) is 6.77. The first-order valence-corrected chi connectivity index (χ1v) is 12.7. The largest absolute Gasteiger partial charge is 0.376 e. The molecule has 3 aromatic rings. The summed E-state index contributed by atoms with van der Waals surface area (Å²) in [5, 5.41) is 7.37. The minimum atomic E-state index is -0.955. The number of ether oxygens (including phenoxy) is 1. The molecule has 0 aliphatic carbocycles. The maximum atomic E-state index is 13.5. The molecule has 1 aromatic heterocycles. The van der Waals surface area contributed by atoms with E-state index in [-0.39, 0.29) is 31.0 Å². The molecule has 3 amide bonds. The summed E-state index contributed by atoms with van der Waals surface area (Å²) in [5.74, 6) is -1.55. The van der Waals surface area contributed by atoms with Crippen LogP contribution < -0.4 is 10.6 Å². The van der Waals surface area contributed by atoms with Crippen LogP contribution in [0.3, 0.4) is 0 Å². The Kier molecular flexibility index (Phi) is 8.80. The van der Waals surface area contributed by atoms with E-state index in [4.69, 9.17) is 4.74 Å². The number of hydrogen-bond donors (Lipinski definition) is 2. The minimum absolute atomic E-state index is 0.0564. The van der Waals surface area contributed by atoms with E-state index < -0.39 is 17.8 Å². The van der Waals surface area contributed by atoms with Gasteiger partial charge in [0.05, 0.1) is 17.5 Å². The Hall–Kier alpha value is -3.56. The zero-order chi connectivity index (χ0) is 25.3. The molecule has 1 fully saturated rings. The number of carbonyl (C=O) groups is 3. The fourth-order valence-corrected chi connectivity index (χ4v) is 4.73. The predicted octanol–water partition coefficient (Wildman–Crippen LogP) is 3.68. The Morgan fingerprint density at radius 3 is 2.47 bits per heavy atom. The van der Waals surface area contributed by atoms with Crippen molar-refractivity contribution in [2.45, 2.75) is 31.5 Å². The fraction of sp³-hybridized carbons (Fsp3) is 0.296. The highest BCUT2D eigenvalue weighted by atomic mass is 32.1. The van der Waals surface area contributed by atoms with Crippen LogP contribution in [-0.4, -0.2) is 48.4 Å². The van der Waals surface area contributed by atoms with E-state index in [2.05, 4.69) is 10.6 Å². The van der Waals surface area contributed by atoms with E-state index in [1.807, 2.05) is 6.07 Å². The first-order chi connectivity index (χ1) is 17.5. The van der Waals surface area contributed by atoms with Crippen molar-refractivity contribution in [3.05, 3.63) is 93.9 Å². The fourth-order valence-electron chi connectivity index (χ4n) is 4.09. The van der Waals surface area contributed by atoms with Gasteiger partial charge in [-0.3, -0.25) is 14.4 Å². The molecule has 188 valence electrons. The lowest BCUT2D eigenvalue weighted by Gasteiger charge is -2.32. The SMILES string of the molecule is O=C(NCC(=O)N(Cc1ccc(F)cc1)[C@@H](C(=O)NC[C@H]1CCCO1)c1ccccc1)c1cccs1. The summed E-state index contributed by atoms with van der Waals surface area (Å²) < 4.78 is 19.2. The van der Waals surface area contributed by atoms with Crippen molar-refractivity contribution >= 4 is 29.1 Å². The van der Waals surface area contributed by atoms with E-state index in [9.17, 15) is 18.8 Å². The number of hydrogen-bond acceptors (Lipinski definition) is 5. The number of benzene rings is 2.